The molecule has 0 amide bonds. The first kappa shape index (κ1) is 17.0. The molecule has 0 heterocycles. The molecule has 0 aromatic heterocycles. The van der Waals surface area contributed by atoms with E-state index in [9.17, 15) is 0 Å². The SMILES string of the molecule is I/C=C(\C=C\CCc1ccccc1)COCc1ccccc1. The van der Waals surface area contributed by atoms with Crippen molar-refractivity contribution in [2.75, 3.05) is 6.61 Å². The normalized spacial score (nSPS) is 12.0. The molecule has 0 bridgehead atoms. The van der Waals surface area contributed by atoms with Gasteiger partial charge in [0.1, 0.15) is 0 Å². The van der Waals surface area contributed by atoms with Gasteiger partial charge in [0.2, 0.25) is 0 Å². The number of rotatable bonds is 8. The first-order valence-electron chi connectivity index (χ1n) is 7.50. The Balaban J connectivity index is 1.69. The van der Waals surface area contributed by atoms with E-state index in [1.807, 2.05) is 18.2 Å². The fourth-order valence-corrected chi connectivity index (χ4v) is 2.49. The summed E-state index contributed by atoms with van der Waals surface area (Å²) in [5.74, 6) is 0. The highest BCUT2D eigenvalue weighted by Crippen LogP contribution is 2.08. The van der Waals surface area contributed by atoms with Gasteiger partial charge in [-0.1, -0.05) is 95.4 Å². The average Bonchev–Trinajstić information content (AvgIpc) is 2.59. The third-order valence-corrected chi connectivity index (χ3v) is 4.09. The van der Waals surface area contributed by atoms with Crippen molar-refractivity contribution in [3.63, 3.8) is 0 Å². The second-order valence-electron chi connectivity index (χ2n) is 5.09. The third-order valence-electron chi connectivity index (χ3n) is 3.29. The molecule has 2 aromatic rings. The predicted octanol–water partition coefficient (Wildman–Crippen LogP) is 5.71. The maximum absolute atomic E-state index is 5.76. The summed E-state index contributed by atoms with van der Waals surface area (Å²) in [6.45, 7) is 1.31. The van der Waals surface area contributed by atoms with Crippen LogP contribution in [0.1, 0.15) is 17.5 Å². The minimum absolute atomic E-state index is 0.652. The second-order valence-corrected chi connectivity index (χ2v) is 5.71. The van der Waals surface area contributed by atoms with Gasteiger partial charge in [-0.2, -0.15) is 0 Å². The number of ether oxygens (including phenoxy) is 1. The highest BCUT2D eigenvalue weighted by Gasteiger charge is 1.95. The first-order valence-corrected chi connectivity index (χ1v) is 8.74. The monoisotopic (exact) mass is 404 g/mol. The zero-order valence-corrected chi connectivity index (χ0v) is 14.8. The van der Waals surface area contributed by atoms with Crippen LogP contribution < -0.4 is 0 Å². The molecular formula is C20H21IO. The molecule has 22 heavy (non-hydrogen) atoms. The van der Waals surface area contributed by atoms with Crippen LogP contribution in [0.15, 0.2) is 82.5 Å². The van der Waals surface area contributed by atoms with Crippen molar-refractivity contribution in [3.05, 3.63) is 93.6 Å². The molecular weight excluding hydrogens is 383 g/mol. The number of allylic oxidation sites excluding steroid dienone is 1. The molecule has 0 saturated carbocycles. The van der Waals surface area contributed by atoms with Crippen molar-refractivity contribution >= 4 is 22.6 Å². The van der Waals surface area contributed by atoms with Crippen LogP contribution >= 0.6 is 22.6 Å². The van der Waals surface area contributed by atoms with Crippen molar-refractivity contribution in [2.24, 2.45) is 0 Å². The third kappa shape index (κ3) is 6.58. The zero-order chi connectivity index (χ0) is 15.5. The molecule has 0 radical (unpaired) electrons. The maximum atomic E-state index is 5.76. The molecule has 0 aliphatic heterocycles. The summed E-state index contributed by atoms with van der Waals surface area (Å²) in [5.41, 5.74) is 3.81. The Labute approximate surface area is 146 Å². The molecule has 2 aromatic carbocycles. The summed E-state index contributed by atoms with van der Waals surface area (Å²) >= 11 is 2.27. The Morgan fingerprint density at radius 2 is 1.55 bits per heavy atom. The van der Waals surface area contributed by atoms with Crippen LogP contribution in [0.25, 0.3) is 0 Å². The Kier molecular flexibility index (Phi) is 7.99. The number of halogens is 1. The van der Waals surface area contributed by atoms with E-state index in [4.69, 9.17) is 4.74 Å². The van der Waals surface area contributed by atoms with Crippen molar-refractivity contribution < 1.29 is 4.74 Å². The Hall–Kier alpha value is -1.39. The minimum Gasteiger partial charge on any atom is -0.372 e. The first-order chi connectivity index (χ1) is 10.9. The summed E-state index contributed by atoms with van der Waals surface area (Å²) in [5, 5.41) is 0. The molecule has 0 N–H and O–H groups in total. The summed E-state index contributed by atoms with van der Waals surface area (Å²) < 4.78 is 7.85. The van der Waals surface area contributed by atoms with Crippen LogP contribution in [0.5, 0.6) is 0 Å². The molecule has 0 fully saturated rings. The van der Waals surface area contributed by atoms with Gasteiger partial charge in [-0.05, 0) is 33.6 Å². The van der Waals surface area contributed by atoms with Crippen LogP contribution in [0, 0.1) is 0 Å². The van der Waals surface area contributed by atoms with Crippen LogP contribution in [0.4, 0.5) is 0 Å². The molecule has 1 nitrogen and oxygen atoms in total. The van der Waals surface area contributed by atoms with E-state index in [0.29, 0.717) is 13.2 Å². The van der Waals surface area contributed by atoms with Crippen LogP contribution in [0.3, 0.4) is 0 Å². The number of benzene rings is 2. The molecule has 0 atom stereocenters. The molecule has 0 unspecified atom stereocenters. The van der Waals surface area contributed by atoms with Crippen molar-refractivity contribution in [3.8, 4) is 0 Å². The van der Waals surface area contributed by atoms with Gasteiger partial charge in [0.25, 0.3) is 0 Å². The van der Waals surface area contributed by atoms with Gasteiger partial charge in [-0.3, -0.25) is 0 Å². The fourth-order valence-electron chi connectivity index (χ4n) is 2.11. The fraction of sp³-hybridized carbons (Fsp3) is 0.200. The van der Waals surface area contributed by atoms with Gasteiger partial charge >= 0.3 is 0 Å². The van der Waals surface area contributed by atoms with Gasteiger partial charge in [-0.15, -0.1) is 0 Å². The van der Waals surface area contributed by atoms with E-state index >= 15 is 0 Å². The highest BCUT2D eigenvalue weighted by atomic mass is 127. The molecule has 2 rings (SSSR count). The zero-order valence-electron chi connectivity index (χ0n) is 12.6. The largest absolute Gasteiger partial charge is 0.372 e. The molecule has 114 valence electrons. The van der Waals surface area contributed by atoms with Crippen molar-refractivity contribution in [1.82, 2.24) is 0 Å². The standard InChI is InChI=1S/C20H21IO/c21-15-20(17-22-16-19-12-5-2-6-13-19)14-8-7-11-18-9-3-1-4-10-18/h1-6,8-10,12-15H,7,11,16-17H2/b14-8+,20-15+. The predicted molar refractivity (Wildman–Crippen MR) is 102 cm³/mol. The maximum Gasteiger partial charge on any atom is 0.0725 e. The average molecular weight is 404 g/mol. The van der Waals surface area contributed by atoms with Crippen molar-refractivity contribution in [2.45, 2.75) is 19.4 Å². The second kappa shape index (κ2) is 10.4. The molecule has 0 saturated heterocycles. The van der Waals surface area contributed by atoms with E-state index in [2.05, 4.69) is 81.3 Å². The van der Waals surface area contributed by atoms with E-state index in [1.54, 1.807) is 0 Å². The van der Waals surface area contributed by atoms with E-state index in [0.717, 1.165) is 12.8 Å². The Morgan fingerprint density at radius 1 is 0.909 bits per heavy atom. The lowest BCUT2D eigenvalue weighted by molar-refractivity contribution is 0.144. The summed E-state index contributed by atoms with van der Waals surface area (Å²) in [6.07, 6.45) is 6.52. The van der Waals surface area contributed by atoms with Crippen LogP contribution in [0.2, 0.25) is 0 Å². The summed E-state index contributed by atoms with van der Waals surface area (Å²) in [6, 6.07) is 20.9. The van der Waals surface area contributed by atoms with Crippen LogP contribution in [-0.4, -0.2) is 6.61 Å². The molecule has 0 spiro atoms. The minimum atomic E-state index is 0.652. The van der Waals surface area contributed by atoms with Gasteiger partial charge in [0, 0.05) is 0 Å². The highest BCUT2D eigenvalue weighted by molar-refractivity contribution is 14.1. The number of hydrogen-bond acceptors (Lipinski definition) is 1. The Bertz CT molecular complexity index is 588. The van der Waals surface area contributed by atoms with Gasteiger partial charge < -0.3 is 4.74 Å². The lowest BCUT2D eigenvalue weighted by atomic mass is 10.1. The van der Waals surface area contributed by atoms with E-state index in [-0.39, 0.29) is 0 Å². The Morgan fingerprint density at radius 3 is 2.18 bits per heavy atom. The lowest BCUT2D eigenvalue weighted by Crippen LogP contribution is -1.97. The number of aryl methyl sites for hydroxylation is 1. The lowest BCUT2D eigenvalue weighted by Gasteiger charge is -2.05. The van der Waals surface area contributed by atoms with Gasteiger partial charge in [0.05, 0.1) is 13.2 Å². The topological polar surface area (TPSA) is 9.23 Å². The van der Waals surface area contributed by atoms with Crippen LogP contribution in [-0.2, 0) is 17.8 Å². The van der Waals surface area contributed by atoms with Gasteiger partial charge in [-0.25, -0.2) is 0 Å². The van der Waals surface area contributed by atoms with Gasteiger partial charge in [0.15, 0.2) is 0 Å². The summed E-state index contributed by atoms with van der Waals surface area (Å²) in [7, 11) is 0. The molecule has 2 heteroatoms. The van der Waals surface area contributed by atoms with E-state index < -0.39 is 0 Å². The quantitative estimate of drug-likeness (QED) is 0.405. The number of hydrogen-bond donors (Lipinski definition) is 0. The molecule has 0 aliphatic rings. The van der Waals surface area contributed by atoms with Crippen molar-refractivity contribution in [1.29, 1.82) is 0 Å². The smallest absolute Gasteiger partial charge is 0.0725 e. The molecule has 0 aliphatic carbocycles. The summed E-state index contributed by atoms with van der Waals surface area (Å²) in [4.78, 5) is 0. The van der Waals surface area contributed by atoms with E-state index in [1.165, 1.54) is 16.7 Å².